The SMILES string of the molecule is C=C(C)CSc1nnc(-c2ccccc2)c(=O)[nH]1. The lowest BCUT2D eigenvalue weighted by molar-refractivity contribution is 0.825. The molecule has 0 radical (unpaired) electrons. The Labute approximate surface area is 109 Å². The van der Waals surface area contributed by atoms with E-state index in [0.717, 1.165) is 16.9 Å². The number of H-pyrrole nitrogens is 1. The Morgan fingerprint density at radius 1 is 1.33 bits per heavy atom. The summed E-state index contributed by atoms with van der Waals surface area (Å²) < 4.78 is 0. The van der Waals surface area contributed by atoms with Crippen molar-refractivity contribution in [3.63, 3.8) is 0 Å². The summed E-state index contributed by atoms with van der Waals surface area (Å²) in [7, 11) is 0. The summed E-state index contributed by atoms with van der Waals surface area (Å²) >= 11 is 1.42. The first-order valence-electron chi connectivity index (χ1n) is 5.46. The summed E-state index contributed by atoms with van der Waals surface area (Å²) in [5.74, 6) is 0.718. The molecule has 1 aromatic carbocycles. The van der Waals surface area contributed by atoms with E-state index in [-0.39, 0.29) is 5.56 Å². The van der Waals surface area contributed by atoms with Crippen LogP contribution in [0.5, 0.6) is 0 Å². The third-order valence-electron chi connectivity index (χ3n) is 2.18. The van der Waals surface area contributed by atoms with Gasteiger partial charge in [0, 0.05) is 11.3 Å². The quantitative estimate of drug-likeness (QED) is 0.677. The van der Waals surface area contributed by atoms with Gasteiger partial charge in [0.1, 0.15) is 0 Å². The van der Waals surface area contributed by atoms with Gasteiger partial charge in [-0.1, -0.05) is 54.2 Å². The Hall–Kier alpha value is -1.88. The second-order valence-electron chi connectivity index (χ2n) is 3.92. The number of benzene rings is 1. The van der Waals surface area contributed by atoms with Gasteiger partial charge in [0.05, 0.1) is 0 Å². The zero-order valence-electron chi connectivity index (χ0n) is 10.0. The Bertz CT molecular complexity index is 607. The lowest BCUT2D eigenvalue weighted by Crippen LogP contribution is -2.14. The molecule has 2 rings (SSSR count). The van der Waals surface area contributed by atoms with Gasteiger partial charge in [-0.3, -0.25) is 9.78 Å². The van der Waals surface area contributed by atoms with Gasteiger partial charge in [-0.25, -0.2) is 0 Å². The van der Waals surface area contributed by atoms with Crippen LogP contribution < -0.4 is 5.56 Å². The number of nitrogens with one attached hydrogen (secondary N) is 1. The van der Waals surface area contributed by atoms with E-state index >= 15 is 0 Å². The lowest BCUT2D eigenvalue weighted by Gasteiger charge is -2.01. The number of hydrogen-bond acceptors (Lipinski definition) is 4. The molecule has 18 heavy (non-hydrogen) atoms. The van der Waals surface area contributed by atoms with Crippen molar-refractivity contribution < 1.29 is 0 Å². The Morgan fingerprint density at radius 3 is 2.67 bits per heavy atom. The fourth-order valence-corrected chi connectivity index (χ4v) is 2.01. The molecule has 0 spiro atoms. The van der Waals surface area contributed by atoms with Crippen molar-refractivity contribution in [3.05, 3.63) is 52.8 Å². The number of aromatic nitrogens is 3. The van der Waals surface area contributed by atoms with Gasteiger partial charge in [0.25, 0.3) is 5.56 Å². The van der Waals surface area contributed by atoms with Crippen LogP contribution in [0.2, 0.25) is 0 Å². The van der Waals surface area contributed by atoms with Crippen molar-refractivity contribution in [2.75, 3.05) is 5.75 Å². The van der Waals surface area contributed by atoms with Crippen LogP contribution in [0.3, 0.4) is 0 Å². The van der Waals surface area contributed by atoms with Crippen LogP contribution in [0.15, 0.2) is 52.4 Å². The first-order valence-corrected chi connectivity index (χ1v) is 6.45. The van der Waals surface area contributed by atoms with E-state index in [1.54, 1.807) is 0 Å². The molecule has 5 heteroatoms. The van der Waals surface area contributed by atoms with Gasteiger partial charge in [-0.05, 0) is 6.92 Å². The van der Waals surface area contributed by atoms with Crippen molar-refractivity contribution in [1.82, 2.24) is 15.2 Å². The van der Waals surface area contributed by atoms with Gasteiger partial charge in [0.2, 0.25) is 0 Å². The zero-order valence-corrected chi connectivity index (χ0v) is 10.8. The van der Waals surface area contributed by atoms with E-state index in [9.17, 15) is 4.79 Å². The predicted molar refractivity (Wildman–Crippen MR) is 73.6 cm³/mol. The molecule has 1 aromatic heterocycles. The van der Waals surface area contributed by atoms with Crippen molar-refractivity contribution in [2.45, 2.75) is 12.1 Å². The van der Waals surface area contributed by atoms with E-state index in [0.29, 0.717) is 10.9 Å². The molecule has 0 bridgehead atoms. The molecule has 0 aliphatic carbocycles. The molecular weight excluding hydrogens is 246 g/mol. The summed E-state index contributed by atoms with van der Waals surface area (Å²) in [4.78, 5) is 14.6. The smallest absolute Gasteiger partial charge is 0.278 e. The number of aromatic amines is 1. The second kappa shape index (κ2) is 5.64. The van der Waals surface area contributed by atoms with Crippen molar-refractivity contribution >= 4 is 11.8 Å². The average Bonchev–Trinajstić information content (AvgIpc) is 2.37. The van der Waals surface area contributed by atoms with Crippen molar-refractivity contribution in [1.29, 1.82) is 0 Å². The summed E-state index contributed by atoms with van der Waals surface area (Å²) in [6, 6.07) is 9.28. The minimum absolute atomic E-state index is 0.222. The first kappa shape index (κ1) is 12.6. The molecule has 0 saturated heterocycles. The van der Waals surface area contributed by atoms with Crippen LogP contribution >= 0.6 is 11.8 Å². The highest BCUT2D eigenvalue weighted by atomic mass is 32.2. The molecule has 1 N–H and O–H groups in total. The molecule has 0 fully saturated rings. The Balaban J connectivity index is 2.26. The van der Waals surface area contributed by atoms with E-state index in [4.69, 9.17) is 0 Å². The number of hydrogen-bond donors (Lipinski definition) is 1. The number of thioether (sulfide) groups is 1. The van der Waals surface area contributed by atoms with Gasteiger partial charge < -0.3 is 0 Å². The Kier molecular flexibility index (Phi) is 3.94. The third-order valence-corrected chi connectivity index (χ3v) is 3.27. The minimum Gasteiger partial charge on any atom is -0.298 e. The fraction of sp³-hybridized carbons (Fsp3) is 0.154. The molecule has 0 saturated carbocycles. The molecule has 1 heterocycles. The molecule has 0 aliphatic rings. The van der Waals surface area contributed by atoms with Crippen LogP contribution in [0.25, 0.3) is 11.3 Å². The van der Waals surface area contributed by atoms with Crippen LogP contribution in [-0.2, 0) is 0 Å². The maximum atomic E-state index is 11.9. The molecule has 0 aliphatic heterocycles. The summed E-state index contributed by atoms with van der Waals surface area (Å²) in [5.41, 5.74) is 1.91. The summed E-state index contributed by atoms with van der Waals surface area (Å²) in [6.07, 6.45) is 0. The fourth-order valence-electron chi connectivity index (χ4n) is 1.36. The molecule has 0 amide bonds. The standard InChI is InChI=1S/C13H13N3OS/c1-9(2)8-18-13-14-12(17)11(15-16-13)10-6-4-3-5-7-10/h3-7H,1,8H2,2H3,(H,14,16,17). The molecular formula is C13H13N3OS. The van der Waals surface area contributed by atoms with E-state index in [1.807, 2.05) is 37.3 Å². The van der Waals surface area contributed by atoms with Crippen molar-refractivity contribution in [2.24, 2.45) is 0 Å². The van der Waals surface area contributed by atoms with Gasteiger partial charge in [-0.2, -0.15) is 0 Å². The zero-order chi connectivity index (χ0) is 13.0. The normalized spacial score (nSPS) is 10.3. The summed E-state index contributed by atoms with van der Waals surface area (Å²) in [5, 5.41) is 8.50. The van der Waals surface area contributed by atoms with Crippen LogP contribution in [-0.4, -0.2) is 20.9 Å². The van der Waals surface area contributed by atoms with Crippen LogP contribution in [0.4, 0.5) is 0 Å². The first-order chi connectivity index (χ1) is 8.66. The number of rotatable bonds is 4. The maximum Gasteiger partial charge on any atom is 0.278 e. The highest BCUT2D eigenvalue weighted by Gasteiger charge is 2.07. The molecule has 2 aromatic rings. The van der Waals surface area contributed by atoms with Crippen LogP contribution in [0.1, 0.15) is 6.92 Å². The molecule has 0 unspecified atom stereocenters. The summed E-state index contributed by atoms with van der Waals surface area (Å²) in [6.45, 7) is 5.72. The molecule has 4 nitrogen and oxygen atoms in total. The van der Waals surface area contributed by atoms with Crippen LogP contribution in [0, 0.1) is 0 Å². The molecule has 0 atom stereocenters. The van der Waals surface area contributed by atoms with E-state index in [1.165, 1.54) is 11.8 Å². The lowest BCUT2D eigenvalue weighted by atomic mass is 10.2. The maximum absolute atomic E-state index is 11.9. The number of nitrogens with zero attached hydrogens (tertiary/aromatic N) is 2. The topological polar surface area (TPSA) is 58.6 Å². The monoisotopic (exact) mass is 259 g/mol. The second-order valence-corrected chi connectivity index (χ2v) is 4.88. The van der Waals surface area contributed by atoms with E-state index < -0.39 is 0 Å². The Morgan fingerprint density at radius 2 is 2.06 bits per heavy atom. The highest BCUT2D eigenvalue weighted by molar-refractivity contribution is 7.99. The highest BCUT2D eigenvalue weighted by Crippen LogP contribution is 2.15. The van der Waals surface area contributed by atoms with Gasteiger partial charge in [-0.15, -0.1) is 10.2 Å². The average molecular weight is 259 g/mol. The van der Waals surface area contributed by atoms with Gasteiger partial charge >= 0.3 is 0 Å². The molecule has 92 valence electrons. The largest absolute Gasteiger partial charge is 0.298 e. The van der Waals surface area contributed by atoms with Crippen molar-refractivity contribution in [3.8, 4) is 11.3 Å². The van der Waals surface area contributed by atoms with E-state index in [2.05, 4.69) is 21.8 Å². The minimum atomic E-state index is -0.222. The van der Waals surface area contributed by atoms with Gasteiger partial charge in [0.15, 0.2) is 10.9 Å². The predicted octanol–water partition coefficient (Wildman–Crippen LogP) is 2.50. The third kappa shape index (κ3) is 3.07.